The van der Waals surface area contributed by atoms with Crippen LogP contribution in [0.2, 0.25) is 0 Å². The molecule has 2 rings (SSSR count). The molecule has 1 aromatic carbocycles. The fourth-order valence-electron chi connectivity index (χ4n) is 0.689. The Bertz CT molecular complexity index is 187. The second-order valence-corrected chi connectivity index (χ2v) is 2.10. The van der Waals surface area contributed by atoms with Crippen LogP contribution in [0.3, 0.4) is 0 Å². The van der Waals surface area contributed by atoms with Crippen LogP contribution in [0.4, 0.5) is 0 Å². The Morgan fingerprint density at radius 1 is 0.818 bits per heavy atom. The van der Waals surface area contributed by atoms with Gasteiger partial charge in [0, 0.05) is 6.21 Å². The molecule has 1 nitrogen and oxygen atoms in total. The molecule has 0 aliphatic carbocycles. The van der Waals surface area contributed by atoms with Crippen LogP contribution in [0.25, 0.3) is 0 Å². The van der Waals surface area contributed by atoms with Crippen molar-refractivity contribution in [2.45, 2.75) is 0 Å². The van der Waals surface area contributed by atoms with Crippen molar-refractivity contribution in [2.75, 3.05) is 6.54 Å². The van der Waals surface area contributed by atoms with Crippen molar-refractivity contribution in [3.05, 3.63) is 48.6 Å². The van der Waals surface area contributed by atoms with E-state index in [1.165, 1.54) is 0 Å². The van der Waals surface area contributed by atoms with Crippen molar-refractivity contribution in [1.82, 2.24) is 0 Å². The van der Waals surface area contributed by atoms with Gasteiger partial charge in [-0.15, -0.1) is 0 Å². The first kappa shape index (κ1) is 7.73. The third kappa shape index (κ3) is 4.09. The maximum Gasteiger partial charge on any atom is 0.0573 e. The molecule has 1 aliphatic rings. The highest BCUT2D eigenvalue weighted by Gasteiger charge is 1.72. The highest BCUT2D eigenvalue weighted by molar-refractivity contribution is 5.73. The highest BCUT2D eigenvalue weighted by Crippen LogP contribution is 1.80. The third-order valence-electron chi connectivity index (χ3n) is 1.21. The zero-order valence-electron chi connectivity index (χ0n) is 6.35. The largest absolute Gasteiger partial charge is 0.289 e. The first-order chi connectivity index (χ1) is 5.50. The maximum atomic E-state index is 3.85. The van der Waals surface area contributed by atoms with E-state index in [2.05, 4.69) is 4.99 Å². The number of benzene rings is 1. The number of hydrogen-bond donors (Lipinski definition) is 0. The summed E-state index contributed by atoms with van der Waals surface area (Å²) >= 11 is 0. The van der Waals surface area contributed by atoms with Crippen LogP contribution in [0.1, 0.15) is 0 Å². The van der Waals surface area contributed by atoms with Gasteiger partial charge in [0.2, 0.25) is 0 Å². The van der Waals surface area contributed by atoms with Crippen molar-refractivity contribution in [3.8, 4) is 0 Å². The number of aliphatic imine (C=N–C) groups is 1. The average Bonchev–Trinajstić information content (AvgIpc) is 2.64. The van der Waals surface area contributed by atoms with Gasteiger partial charge in [0.1, 0.15) is 0 Å². The predicted octanol–water partition coefficient (Wildman–Crippen LogP) is 2.31. The zero-order valence-corrected chi connectivity index (χ0v) is 6.35. The van der Waals surface area contributed by atoms with Gasteiger partial charge < -0.3 is 0 Å². The standard InChI is InChI=1S/C6H6.C4H5N/c1-2-4-6-5-3-1;1-2-4-5-3-1/h1-6H;1-3H,4H2. The van der Waals surface area contributed by atoms with Gasteiger partial charge in [-0.1, -0.05) is 42.5 Å². The summed E-state index contributed by atoms with van der Waals surface area (Å²) in [5.74, 6) is 0. The lowest BCUT2D eigenvalue weighted by atomic mass is 10.4. The Labute approximate surface area is 67.1 Å². The summed E-state index contributed by atoms with van der Waals surface area (Å²) in [5, 5.41) is 0. The van der Waals surface area contributed by atoms with Crippen molar-refractivity contribution in [3.63, 3.8) is 0 Å². The van der Waals surface area contributed by atoms with Gasteiger partial charge in [-0.05, 0) is 6.08 Å². The molecule has 0 N–H and O–H groups in total. The first-order valence-electron chi connectivity index (χ1n) is 3.65. The van der Waals surface area contributed by atoms with E-state index in [4.69, 9.17) is 0 Å². The summed E-state index contributed by atoms with van der Waals surface area (Å²) in [4.78, 5) is 3.85. The van der Waals surface area contributed by atoms with E-state index in [0.717, 1.165) is 6.54 Å². The number of nitrogens with zero attached hydrogens (tertiary/aromatic N) is 1. The van der Waals surface area contributed by atoms with Crippen molar-refractivity contribution >= 4 is 6.21 Å². The van der Waals surface area contributed by atoms with E-state index in [1.54, 1.807) is 6.21 Å². The van der Waals surface area contributed by atoms with Gasteiger partial charge >= 0.3 is 0 Å². The van der Waals surface area contributed by atoms with Crippen LogP contribution in [-0.4, -0.2) is 12.8 Å². The fourth-order valence-corrected chi connectivity index (χ4v) is 0.689. The van der Waals surface area contributed by atoms with Crippen molar-refractivity contribution in [1.29, 1.82) is 0 Å². The Kier molecular flexibility index (Phi) is 3.81. The van der Waals surface area contributed by atoms with Crippen molar-refractivity contribution < 1.29 is 0 Å². The van der Waals surface area contributed by atoms with Gasteiger partial charge in [-0.25, -0.2) is 0 Å². The van der Waals surface area contributed by atoms with E-state index in [9.17, 15) is 0 Å². The van der Waals surface area contributed by atoms with Gasteiger partial charge in [-0.2, -0.15) is 0 Å². The molecule has 0 bridgehead atoms. The smallest absolute Gasteiger partial charge is 0.0573 e. The quantitative estimate of drug-likeness (QED) is 0.531. The second kappa shape index (κ2) is 5.42. The van der Waals surface area contributed by atoms with Crippen LogP contribution < -0.4 is 0 Å². The molecule has 0 spiro atoms. The van der Waals surface area contributed by atoms with Crippen LogP contribution in [-0.2, 0) is 0 Å². The van der Waals surface area contributed by atoms with E-state index < -0.39 is 0 Å². The van der Waals surface area contributed by atoms with E-state index in [0.29, 0.717) is 0 Å². The Morgan fingerprint density at radius 2 is 1.36 bits per heavy atom. The molecule has 0 saturated carbocycles. The normalized spacial score (nSPS) is 12.4. The minimum atomic E-state index is 0.889. The van der Waals surface area contributed by atoms with Crippen LogP contribution in [0, 0.1) is 0 Å². The fraction of sp³-hybridized carbons (Fsp3) is 0.100. The predicted molar refractivity (Wildman–Crippen MR) is 48.9 cm³/mol. The lowest BCUT2D eigenvalue weighted by Gasteiger charge is -1.69. The molecule has 0 fully saturated rings. The molecule has 0 atom stereocenters. The summed E-state index contributed by atoms with van der Waals surface area (Å²) < 4.78 is 0. The molecular weight excluding hydrogens is 134 g/mol. The van der Waals surface area contributed by atoms with Gasteiger partial charge in [0.05, 0.1) is 6.54 Å². The molecule has 1 heteroatoms. The first-order valence-corrected chi connectivity index (χ1v) is 3.65. The summed E-state index contributed by atoms with van der Waals surface area (Å²) in [6.07, 6.45) is 5.76. The van der Waals surface area contributed by atoms with E-state index >= 15 is 0 Å². The summed E-state index contributed by atoms with van der Waals surface area (Å²) in [7, 11) is 0. The van der Waals surface area contributed by atoms with Gasteiger partial charge in [0.15, 0.2) is 0 Å². The number of allylic oxidation sites excluding steroid dienone is 1. The summed E-state index contributed by atoms with van der Waals surface area (Å²) in [5.41, 5.74) is 0. The van der Waals surface area contributed by atoms with E-state index in [1.807, 2.05) is 48.6 Å². The molecule has 1 aliphatic heterocycles. The Morgan fingerprint density at radius 3 is 1.55 bits per heavy atom. The molecule has 56 valence electrons. The molecule has 1 heterocycles. The van der Waals surface area contributed by atoms with Gasteiger partial charge in [0.25, 0.3) is 0 Å². The monoisotopic (exact) mass is 145 g/mol. The molecule has 0 aromatic heterocycles. The lowest BCUT2D eigenvalue weighted by Crippen LogP contribution is -1.54. The lowest BCUT2D eigenvalue weighted by molar-refractivity contribution is 1.29. The summed E-state index contributed by atoms with van der Waals surface area (Å²) in [6.45, 7) is 0.889. The molecular formula is C10H11N. The molecule has 0 amide bonds. The maximum absolute atomic E-state index is 3.85. The molecule has 0 unspecified atom stereocenters. The summed E-state index contributed by atoms with van der Waals surface area (Å²) in [6, 6.07) is 12.0. The number of hydrogen-bond acceptors (Lipinski definition) is 1. The SMILES string of the molecule is C1=CCN=C1.c1ccccc1. The van der Waals surface area contributed by atoms with E-state index in [-0.39, 0.29) is 0 Å². The minimum absolute atomic E-state index is 0.889. The second-order valence-electron chi connectivity index (χ2n) is 2.10. The minimum Gasteiger partial charge on any atom is -0.289 e. The highest BCUT2D eigenvalue weighted by atomic mass is 14.7. The average molecular weight is 145 g/mol. The molecule has 0 radical (unpaired) electrons. The van der Waals surface area contributed by atoms with Crippen molar-refractivity contribution in [2.24, 2.45) is 4.99 Å². The number of rotatable bonds is 0. The molecule has 1 aromatic rings. The van der Waals surface area contributed by atoms with Crippen LogP contribution in [0.15, 0.2) is 53.5 Å². The third-order valence-corrected chi connectivity index (χ3v) is 1.21. The Balaban J connectivity index is 0.000000112. The Hall–Kier alpha value is -1.37. The van der Waals surface area contributed by atoms with Gasteiger partial charge in [-0.3, -0.25) is 4.99 Å². The van der Waals surface area contributed by atoms with Crippen LogP contribution >= 0.6 is 0 Å². The molecule has 0 saturated heterocycles. The zero-order chi connectivity index (χ0) is 7.78. The topological polar surface area (TPSA) is 12.4 Å². The molecule has 11 heavy (non-hydrogen) atoms. The van der Waals surface area contributed by atoms with Crippen LogP contribution in [0.5, 0.6) is 0 Å².